The van der Waals surface area contributed by atoms with Gasteiger partial charge in [-0.3, -0.25) is 4.79 Å². The molecule has 0 heterocycles. The molecule has 0 radical (unpaired) electrons. The second-order valence-electron chi connectivity index (χ2n) is 4.53. The van der Waals surface area contributed by atoms with Crippen molar-refractivity contribution in [2.45, 2.75) is 32.8 Å². The van der Waals surface area contributed by atoms with Gasteiger partial charge in [0.15, 0.2) is 0 Å². The van der Waals surface area contributed by atoms with Crippen molar-refractivity contribution in [3.05, 3.63) is 10.4 Å². The molecule has 0 amide bonds. The molecule has 0 rings (SSSR count). The highest BCUT2D eigenvalue weighted by atomic mass is 16.6. The van der Waals surface area contributed by atoms with Crippen LogP contribution < -0.4 is 0 Å². The Bertz CT molecular complexity index is 267. The smallest absolute Gasteiger partial charge is 0.306 e. The van der Waals surface area contributed by atoms with E-state index >= 15 is 0 Å². The minimum Gasteiger partial charge on any atom is -0.460 e. The Balaban J connectivity index is 4.17. The van der Waals surface area contributed by atoms with Crippen LogP contribution in [0.3, 0.4) is 0 Å². The predicted molar refractivity (Wildman–Crippen MR) is 59.8 cm³/mol. The normalized spacial score (nSPS) is 12.8. The van der Waals surface area contributed by atoms with Crippen LogP contribution in [-0.2, 0) is 14.3 Å². The third-order valence-corrected chi connectivity index (χ3v) is 1.68. The molecule has 0 aromatic heterocycles. The summed E-state index contributed by atoms with van der Waals surface area (Å²) < 4.78 is 10.1. The lowest BCUT2D eigenvalue weighted by molar-refractivity contribution is -0.156. The van der Waals surface area contributed by atoms with Crippen molar-refractivity contribution in [1.29, 1.82) is 0 Å². The molecular weight excluding hydrogens is 210 g/mol. The van der Waals surface area contributed by atoms with Crippen LogP contribution in [0, 0.1) is 5.92 Å². The van der Waals surface area contributed by atoms with Gasteiger partial charge in [0.05, 0.1) is 6.42 Å². The SMILES string of the molecule is COC[C@@H](CN=[N+]=[N-])CC(=O)OC(C)(C)C. The maximum atomic E-state index is 11.5. The molecule has 0 aliphatic rings. The number of azide groups is 1. The summed E-state index contributed by atoms with van der Waals surface area (Å²) in [6, 6.07) is 0. The summed E-state index contributed by atoms with van der Waals surface area (Å²) in [4.78, 5) is 14.2. The second kappa shape index (κ2) is 7.09. The largest absolute Gasteiger partial charge is 0.460 e. The summed E-state index contributed by atoms with van der Waals surface area (Å²) in [5.41, 5.74) is 7.71. The number of carbonyl (C=O) groups excluding carboxylic acids is 1. The lowest BCUT2D eigenvalue weighted by Crippen LogP contribution is -2.26. The summed E-state index contributed by atoms with van der Waals surface area (Å²) in [5.74, 6) is -0.432. The maximum absolute atomic E-state index is 11.5. The third kappa shape index (κ3) is 8.08. The summed E-state index contributed by atoms with van der Waals surface area (Å²) in [6.45, 7) is 6.04. The van der Waals surface area contributed by atoms with Crippen molar-refractivity contribution in [2.24, 2.45) is 11.0 Å². The van der Waals surface area contributed by atoms with Crippen LogP contribution in [0.25, 0.3) is 10.4 Å². The minimum atomic E-state index is -0.493. The molecule has 0 saturated carbocycles. The van der Waals surface area contributed by atoms with E-state index in [0.717, 1.165) is 0 Å². The fourth-order valence-corrected chi connectivity index (χ4v) is 1.18. The molecule has 92 valence electrons. The Hall–Kier alpha value is -1.26. The average Bonchev–Trinajstić information content (AvgIpc) is 2.11. The molecule has 0 bridgehead atoms. The van der Waals surface area contributed by atoms with Crippen molar-refractivity contribution < 1.29 is 14.3 Å². The van der Waals surface area contributed by atoms with Gasteiger partial charge in [0.25, 0.3) is 0 Å². The Morgan fingerprint density at radius 2 is 2.12 bits per heavy atom. The standard InChI is InChI=1S/C10H19N3O3/c1-10(2,3)16-9(14)5-8(7-15-4)6-12-13-11/h8H,5-7H2,1-4H3/t8-/m1/s1. The van der Waals surface area contributed by atoms with Gasteiger partial charge < -0.3 is 9.47 Å². The molecule has 0 fully saturated rings. The van der Waals surface area contributed by atoms with Crippen LogP contribution in [0.1, 0.15) is 27.2 Å². The highest BCUT2D eigenvalue weighted by Crippen LogP contribution is 2.12. The Morgan fingerprint density at radius 1 is 1.50 bits per heavy atom. The zero-order valence-corrected chi connectivity index (χ0v) is 10.3. The van der Waals surface area contributed by atoms with Gasteiger partial charge in [-0.25, -0.2) is 0 Å². The van der Waals surface area contributed by atoms with Gasteiger partial charge >= 0.3 is 5.97 Å². The average molecular weight is 229 g/mol. The van der Waals surface area contributed by atoms with Crippen molar-refractivity contribution in [3.63, 3.8) is 0 Å². The van der Waals surface area contributed by atoms with Crippen LogP contribution in [0.15, 0.2) is 5.11 Å². The number of nitrogens with zero attached hydrogens (tertiary/aromatic N) is 3. The van der Waals surface area contributed by atoms with Crippen molar-refractivity contribution in [3.8, 4) is 0 Å². The van der Waals surface area contributed by atoms with E-state index in [0.29, 0.717) is 6.61 Å². The molecule has 0 N–H and O–H groups in total. The summed E-state index contributed by atoms with van der Waals surface area (Å²) >= 11 is 0. The lowest BCUT2D eigenvalue weighted by atomic mass is 10.1. The molecule has 1 atom stereocenters. The van der Waals surface area contributed by atoms with E-state index in [1.54, 1.807) is 0 Å². The molecule has 16 heavy (non-hydrogen) atoms. The summed E-state index contributed by atoms with van der Waals surface area (Å²) in [5, 5.41) is 3.43. The van der Waals surface area contributed by atoms with Gasteiger partial charge in [0.2, 0.25) is 0 Å². The molecule has 0 unspecified atom stereocenters. The molecular formula is C10H19N3O3. The molecule has 0 aliphatic heterocycles. The van der Waals surface area contributed by atoms with E-state index in [1.807, 2.05) is 20.8 Å². The monoisotopic (exact) mass is 229 g/mol. The number of rotatable bonds is 6. The molecule has 0 aliphatic carbocycles. The third-order valence-electron chi connectivity index (χ3n) is 1.68. The van der Waals surface area contributed by atoms with E-state index in [4.69, 9.17) is 15.0 Å². The highest BCUT2D eigenvalue weighted by Gasteiger charge is 2.20. The van der Waals surface area contributed by atoms with Crippen LogP contribution in [0.4, 0.5) is 0 Å². The summed E-state index contributed by atoms with van der Waals surface area (Å²) in [6.07, 6.45) is 0.199. The first-order valence-corrected chi connectivity index (χ1v) is 5.10. The van der Waals surface area contributed by atoms with Gasteiger partial charge in [-0.2, -0.15) is 0 Å². The van der Waals surface area contributed by atoms with Crippen LogP contribution >= 0.6 is 0 Å². The number of methoxy groups -OCH3 is 1. The number of ether oxygens (including phenoxy) is 2. The first-order valence-electron chi connectivity index (χ1n) is 5.10. The number of hydrogen-bond donors (Lipinski definition) is 0. The molecule has 0 aromatic carbocycles. The van der Waals surface area contributed by atoms with Gasteiger partial charge in [0, 0.05) is 25.2 Å². The molecule has 6 nitrogen and oxygen atoms in total. The van der Waals surface area contributed by atoms with E-state index < -0.39 is 5.60 Å². The van der Waals surface area contributed by atoms with E-state index in [9.17, 15) is 4.79 Å². The first-order chi connectivity index (χ1) is 7.39. The summed E-state index contributed by atoms with van der Waals surface area (Å²) in [7, 11) is 1.54. The first kappa shape index (κ1) is 14.7. The topological polar surface area (TPSA) is 84.3 Å². The van der Waals surface area contributed by atoms with E-state index in [-0.39, 0.29) is 24.9 Å². The molecule has 0 aromatic rings. The van der Waals surface area contributed by atoms with Crippen LogP contribution in [-0.4, -0.2) is 31.8 Å². The number of esters is 1. The zero-order valence-electron chi connectivity index (χ0n) is 10.3. The van der Waals surface area contributed by atoms with E-state index in [2.05, 4.69) is 10.0 Å². The Morgan fingerprint density at radius 3 is 2.56 bits per heavy atom. The van der Waals surface area contributed by atoms with Gasteiger partial charge in [-0.05, 0) is 32.2 Å². The van der Waals surface area contributed by atoms with Gasteiger partial charge in [-0.1, -0.05) is 5.11 Å². The zero-order chi connectivity index (χ0) is 12.6. The van der Waals surface area contributed by atoms with E-state index in [1.165, 1.54) is 7.11 Å². The van der Waals surface area contributed by atoms with Crippen molar-refractivity contribution >= 4 is 5.97 Å². The van der Waals surface area contributed by atoms with Crippen molar-refractivity contribution in [2.75, 3.05) is 20.3 Å². The maximum Gasteiger partial charge on any atom is 0.306 e. The fourth-order valence-electron chi connectivity index (χ4n) is 1.18. The van der Waals surface area contributed by atoms with Crippen LogP contribution in [0.5, 0.6) is 0 Å². The fraction of sp³-hybridized carbons (Fsp3) is 0.900. The molecule has 0 saturated heterocycles. The number of carbonyl (C=O) groups is 1. The molecule has 6 heteroatoms. The van der Waals surface area contributed by atoms with Gasteiger partial charge in [-0.15, -0.1) is 0 Å². The second-order valence-corrected chi connectivity index (χ2v) is 4.53. The molecule has 0 spiro atoms. The highest BCUT2D eigenvalue weighted by molar-refractivity contribution is 5.70. The quantitative estimate of drug-likeness (QED) is 0.303. The predicted octanol–water partition coefficient (Wildman–Crippen LogP) is 2.29. The Labute approximate surface area is 95.5 Å². The van der Waals surface area contributed by atoms with Gasteiger partial charge in [0.1, 0.15) is 5.60 Å². The van der Waals surface area contributed by atoms with Crippen molar-refractivity contribution in [1.82, 2.24) is 0 Å². The van der Waals surface area contributed by atoms with Crippen LogP contribution in [0.2, 0.25) is 0 Å². The lowest BCUT2D eigenvalue weighted by Gasteiger charge is -2.21. The minimum absolute atomic E-state index is 0.129. The Kier molecular flexibility index (Phi) is 6.53. The number of hydrogen-bond acceptors (Lipinski definition) is 4.